The van der Waals surface area contributed by atoms with Gasteiger partial charge in [0, 0.05) is 17.5 Å². The molecule has 0 unspecified atom stereocenters. The van der Waals surface area contributed by atoms with E-state index in [2.05, 4.69) is 42.3 Å². The van der Waals surface area contributed by atoms with Crippen molar-refractivity contribution >= 4 is 11.0 Å². The van der Waals surface area contributed by atoms with Crippen LogP contribution in [-0.4, -0.2) is 30.1 Å². The minimum atomic E-state index is 0.623. The van der Waals surface area contributed by atoms with Crippen molar-refractivity contribution in [3.8, 4) is 0 Å². The van der Waals surface area contributed by atoms with Gasteiger partial charge < -0.3 is 14.6 Å². The van der Waals surface area contributed by atoms with E-state index in [1.54, 1.807) is 0 Å². The average molecular weight is 272 g/mol. The molecule has 0 spiro atoms. The minimum Gasteiger partial charge on any atom is -0.460 e. The third-order valence-corrected chi connectivity index (χ3v) is 4.30. The lowest BCUT2D eigenvalue weighted by Gasteiger charge is -2.34. The van der Waals surface area contributed by atoms with Gasteiger partial charge in [-0.3, -0.25) is 0 Å². The molecule has 3 heteroatoms. The number of likely N-dealkylation sites (tertiary alicyclic amines) is 1. The van der Waals surface area contributed by atoms with Crippen LogP contribution in [0.5, 0.6) is 0 Å². The van der Waals surface area contributed by atoms with E-state index in [4.69, 9.17) is 4.42 Å². The average Bonchev–Trinajstić information content (AvgIpc) is 2.88. The Balaban J connectivity index is 1.52. The highest BCUT2D eigenvalue weighted by Crippen LogP contribution is 2.19. The van der Waals surface area contributed by atoms with Crippen molar-refractivity contribution in [2.24, 2.45) is 0 Å². The molecule has 2 heterocycles. The first kappa shape index (κ1) is 13.7. The van der Waals surface area contributed by atoms with Gasteiger partial charge in [-0.1, -0.05) is 18.2 Å². The lowest BCUT2D eigenvalue weighted by Crippen LogP contribution is -2.44. The second-order valence-corrected chi connectivity index (χ2v) is 6.04. The highest BCUT2D eigenvalue weighted by Gasteiger charge is 2.20. The summed E-state index contributed by atoms with van der Waals surface area (Å²) in [6, 6.07) is 11.6. The van der Waals surface area contributed by atoms with Crippen LogP contribution in [0.1, 0.15) is 32.4 Å². The van der Waals surface area contributed by atoms with Crippen LogP contribution < -0.4 is 5.32 Å². The maximum Gasteiger partial charge on any atom is 0.134 e. The molecule has 1 fully saturated rings. The summed E-state index contributed by atoms with van der Waals surface area (Å²) in [6.45, 7) is 7.80. The first-order chi connectivity index (χ1) is 9.72. The highest BCUT2D eigenvalue weighted by molar-refractivity contribution is 5.77. The third-order valence-electron chi connectivity index (χ3n) is 4.30. The lowest BCUT2D eigenvalue weighted by molar-refractivity contribution is 0.160. The van der Waals surface area contributed by atoms with Gasteiger partial charge in [0.2, 0.25) is 0 Å². The molecular formula is C17H24N2O. The van der Waals surface area contributed by atoms with Crippen molar-refractivity contribution in [1.29, 1.82) is 0 Å². The molecule has 20 heavy (non-hydrogen) atoms. The van der Waals surface area contributed by atoms with Gasteiger partial charge in [-0.15, -0.1) is 0 Å². The van der Waals surface area contributed by atoms with Crippen LogP contribution in [0.4, 0.5) is 0 Å². The molecule has 1 aliphatic heterocycles. The van der Waals surface area contributed by atoms with E-state index in [0.717, 1.165) is 17.9 Å². The molecule has 1 saturated heterocycles. The normalized spacial score (nSPS) is 18.1. The molecule has 1 aromatic carbocycles. The number of piperidine rings is 1. The molecule has 0 saturated carbocycles. The van der Waals surface area contributed by atoms with Crippen molar-refractivity contribution in [3.63, 3.8) is 0 Å². The molecule has 108 valence electrons. The monoisotopic (exact) mass is 272 g/mol. The Labute approximate surface area is 120 Å². The van der Waals surface area contributed by atoms with Gasteiger partial charge in [-0.05, 0) is 51.9 Å². The van der Waals surface area contributed by atoms with Crippen LogP contribution in [0, 0.1) is 0 Å². The Morgan fingerprint density at radius 1 is 1.25 bits per heavy atom. The second-order valence-electron chi connectivity index (χ2n) is 6.04. The van der Waals surface area contributed by atoms with Gasteiger partial charge in [0.1, 0.15) is 11.3 Å². The summed E-state index contributed by atoms with van der Waals surface area (Å²) in [4.78, 5) is 2.55. The van der Waals surface area contributed by atoms with E-state index in [9.17, 15) is 0 Å². The molecule has 2 aromatic rings. The SMILES string of the molecule is CC(C)N1CCC(NCc2cc3ccccc3o2)CC1. The topological polar surface area (TPSA) is 28.4 Å². The van der Waals surface area contributed by atoms with Crippen molar-refractivity contribution < 1.29 is 4.42 Å². The maximum atomic E-state index is 5.85. The number of hydrogen-bond donors (Lipinski definition) is 1. The maximum absolute atomic E-state index is 5.85. The van der Waals surface area contributed by atoms with Gasteiger partial charge in [-0.2, -0.15) is 0 Å². The number of nitrogens with one attached hydrogen (secondary N) is 1. The zero-order valence-electron chi connectivity index (χ0n) is 12.4. The standard InChI is InChI=1S/C17H24N2O/c1-13(2)19-9-7-15(8-10-19)18-12-16-11-14-5-3-4-6-17(14)20-16/h3-6,11,13,15,18H,7-10,12H2,1-2H3. The van der Waals surface area contributed by atoms with Crippen molar-refractivity contribution in [1.82, 2.24) is 10.2 Å². The summed E-state index contributed by atoms with van der Waals surface area (Å²) in [5.41, 5.74) is 0.985. The first-order valence-corrected chi connectivity index (χ1v) is 7.67. The minimum absolute atomic E-state index is 0.623. The van der Waals surface area contributed by atoms with E-state index in [-0.39, 0.29) is 0 Å². The van der Waals surface area contributed by atoms with Crippen molar-refractivity contribution in [3.05, 3.63) is 36.1 Å². The molecular weight excluding hydrogens is 248 g/mol. The zero-order chi connectivity index (χ0) is 13.9. The summed E-state index contributed by atoms with van der Waals surface area (Å²) in [7, 11) is 0. The second kappa shape index (κ2) is 5.98. The predicted octanol–water partition coefficient (Wildman–Crippen LogP) is 3.40. The quantitative estimate of drug-likeness (QED) is 0.924. The number of hydrogen-bond acceptors (Lipinski definition) is 3. The summed E-state index contributed by atoms with van der Waals surface area (Å²) < 4.78 is 5.85. The summed E-state index contributed by atoms with van der Waals surface area (Å²) in [5.74, 6) is 1.04. The van der Waals surface area contributed by atoms with Crippen LogP contribution in [-0.2, 0) is 6.54 Å². The molecule has 3 rings (SSSR count). The first-order valence-electron chi connectivity index (χ1n) is 7.67. The molecule has 1 aromatic heterocycles. The molecule has 1 aliphatic rings. The van der Waals surface area contributed by atoms with Gasteiger partial charge >= 0.3 is 0 Å². The number of nitrogens with zero attached hydrogens (tertiary/aromatic N) is 1. The van der Waals surface area contributed by atoms with Crippen LogP contribution in [0.15, 0.2) is 34.7 Å². The van der Waals surface area contributed by atoms with Gasteiger partial charge in [-0.25, -0.2) is 0 Å². The van der Waals surface area contributed by atoms with Crippen LogP contribution in [0.2, 0.25) is 0 Å². The molecule has 0 amide bonds. The molecule has 0 aliphatic carbocycles. The van der Waals surface area contributed by atoms with E-state index in [1.165, 1.54) is 31.3 Å². The van der Waals surface area contributed by atoms with Crippen LogP contribution in [0.25, 0.3) is 11.0 Å². The Morgan fingerprint density at radius 3 is 2.70 bits per heavy atom. The van der Waals surface area contributed by atoms with E-state index in [0.29, 0.717) is 12.1 Å². The highest BCUT2D eigenvalue weighted by atomic mass is 16.3. The Morgan fingerprint density at radius 2 is 2.00 bits per heavy atom. The van der Waals surface area contributed by atoms with Crippen molar-refractivity contribution in [2.45, 2.75) is 45.3 Å². The Bertz CT molecular complexity index is 520. The fraction of sp³-hybridized carbons (Fsp3) is 0.529. The van der Waals surface area contributed by atoms with E-state index >= 15 is 0 Å². The fourth-order valence-corrected chi connectivity index (χ4v) is 2.99. The molecule has 3 nitrogen and oxygen atoms in total. The van der Waals surface area contributed by atoms with E-state index in [1.807, 2.05) is 12.1 Å². The number of furan rings is 1. The molecule has 1 N–H and O–H groups in total. The number of benzene rings is 1. The molecule has 0 bridgehead atoms. The Kier molecular flexibility index (Phi) is 4.08. The van der Waals surface area contributed by atoms with E-state index < -0.39 is 0 Å². The van der Waals surface area contributed by atoms with Gasteiger partial charge in [0.25, 0.3) is 0 Å². The fourth-order valence-electron chi connectivity index (χ4n) is 2.99. The molecule has 0 radical (unpaired) electrons. The predicted molar refractivity (Wildman–Crippen MR) is 82.8 cm³/mol. The zero-order valence-corrected chi connectivity index (χ0v) is 12.4. The van der Waals surface area contributed by atoms with Crippen LogP contribution >= 0.6 is 0 Å². The number of fused-ring (bicyclic) bond motifs is 1. The molecule has 0 atom stereocenters. The summed E-state index contributed by atoms with van der Waals surface area (Å²) in [5, 5.41) is 4.83. The lowest BCUT2D eigenvalue weighted by atomic mass is 10.0. The summed E-state index contributed by atoms with van der Waals surface area (Å²) >= 11 is 0. The van der Waals surface area contributed by atoms with Gasteiger partial charge in [0.15, 0.2) is 0 Å². The Hall–Kier alpha value is -1.32. The number of rotatable bonds is 4. The largest absolute Gasteiger partial charge is 0.460 e. The third kappa shape index (κ3) is 3.05. The number of para-hydroxylation sites is 1. The summed E-state index contributed by atoms with van der Waals surface area (Å²) in [6.07, 6.45) is 2.47. The van der Waals surface area contributed by atoms with Crippen LogP contribution in [0.3, 0.4) is 0 Å². The van der Waals surface area contributed by atoms with Gasteiger partial charge in [0.05, 0.1) is 6.54 Å². The van der Waals surface area contributed by atoms with Crippen molar-refractivity contribution in [2.75, 3.05) is 13.1 Å². The smallest absolute Gasteiger partial charge is 0.134 e.